The van der Waals surface area contributed by atoms with Crippen molar-refractivity contribution in [3.05, 3.63) is 29.8 Å². The summed E-state index contributed by atoms with van der Waals surface area (Å²) in [6.45, 7) is 7.77. The number of amides is 2. The predicted molar refractivity (Wildman–Crippen MR) is 101 cm³/mol. The summed E-state index contributed by atoms with van der Waals surface area (Å²) < 4.78 is 0. The van der Waals surface area contributed by atoms with Gasteiger partial charge in [0.15, 0.2) is 0 Å². The third-order valence-electron chi connectivity index (χ3n) is 4.89. The van der Waals surface area contributed by atoms with E-state index in [1.165, 1.54) is 12.8 Å². The molecule has 0 aromatic heterocycles. The molecule has 1 aliphatic rings. The number of carbonyl (C=O) groups excluding carboxylic acids is 2. The van der Waals surface area contributed by atoms with Gasteiger partial charge in [0.25, 0.3) is 5.91 Å². The maximum absolute atomic E-state index is 12.2. The van der Waals surface area contributed by atoms with Gasteiger partial charge >= 0.3 is 0 Å². The highest BCUT2D eigenvalue weighted by atomic mass is 16.2. The monoisotopic (exact) mass is 346 g/mol. The van der Waals surface area contributed by atoms with E-state index in [4.69, 9.17) is 5.73 Å². The summed E-state index contributed by atoms with van der Waals surface area (Å²) in [5.74, 6) is -0.161. The van der Waals surface area contributed by atoms with Crippen molar-refractivity contribution in [1.29, 1.82) is 0 Å². The largest absolute Gasteiger partial charge is 0.351 e. The molecule has 4 N–H and O–H groups in total. The number of nitrogens with one attached hydrogen (secondary N) is 2. The van der Waals surface area contributed by atoms with E-state index >= 15 is 0 Å². The molecule has 1 aromatic rings. The molecule has 0 spiro atoms. The minimum absolute atomic E-state index is 0.0895. The van der Waals surface area contributed by atoms with Gasteiger partial charge in [-0.3, -0.25) is 9.59 Å². The fraction of sp³-hybridized carbons (Fsp3) is 0.579. The Balaban J connectivity index is 1.80. The Kier molecular flexibility index (Phi) is 7.40. The van der Waals surface area contributed by atoms with E-state index in [0.29, 0.717) is 17.8 Å². The Hall–Kier alpha value is -1.92. The summed E-state index contributed by atoms with van der Waals surface area (Å²) in [5.41, 5.74) is 7.16. The Bertz CT molecular complexity index is 567. The maximum Gasteiger partial charge on any atom is 0.251 e. The zero-order valence-electron chi connectivity index (χ0n) is 15.3. The van der Waals surface area contributed by atoms with Crippen molar-refractivity contribution in [1.82, 2.24) is 10.2 Å². The van der Waals surface area contributed by atoms with Gasteiger partial charge in [0, 0.05) is 24.3 Å². The molecular weight excluding hydrogens is 316 g/mol. The molecule has 6 nitrogen and oxygen atoms in total. The van der Waals surface area contributed by atoms with Gasteiger partial charge in [0.05, 0.1) is 6.04 Å². The number of benzene rings is 1. The van der Waals surface area contributed by atoms with Crippen molar-refractivity contribution in [3.63, 3.8) is 0 Å². The van der Waals surface area contributed by atoms with Crippen LogP contribution in [0.25, 0.3) is 0 Å². The minimum Gasteiger partial charge on any atom is -0.351 e. The lowest BCUT2D eigenvalue weighted by Gasteiger charge is -2.18. The van der Waals surface area contributed by atoms with Crippen LogP contribution < -0.4 is 16.4 Å². The second kappa shape index (κ2) is 9.53. The molecule has 2 amide bonds. The van der Waals surface area contributed by atoms with E-state index in [9.17, 15) is 9.59 Å². The van der Waals surface area contributed by atoms with Crippen LogP contribution in [0.15, 0.2) is 24.3 Å². The van der Waals surface area contributed by atoms with Crippen LogP contribution in [0.3, 0.4) is 0 Å². The molecule has 1 heterocycles. The standard InChI is InChI=1S/C19H30N4O2/c1-3-14(2)17(20)19(25)22-16-8-6-15(7-9-16)18(24)21-10-13-23-11-4-5-12-23/h6-9,14,17H,3-5,10-13,20H2,1-2H3,(H,21,24)(H,22,25). The van der Waals surface area contributed by atoms with Gasteiger partial charge in [0.2, 0.25) is 5.91 Å². The number of nitrogens with zero attached hydrogens (tertiary/aromatic N) is 1. The van der Waals surface area contributed by atoms with Crippen LogP contribution in [0.5, 0.6) is 0 Å². The van der Waals surface area contributed by atoms with Crippen LogP contribution in [0, 0.1) is 5.92 Å². The normalized spacial score (nSPS) is 17.1. The van der Waals surface area contributed by atoms with Gasteiger partial charge in [-0.05, 0) is 56.1 Å². The number of anilines is 1. The molecule has 6 heteroatoms. The summed E-state index contributed by atoms with van der Waals surface area (Å²) in [5, 5.41) is 5.74. The molecule has 1 fully saturated rings. The molecule has 2 rings (SSSR count). The highest BCUT2D eigenvalue weighted by Crippen LogP contribution is 2.12. The molecule has 2 unspecified atom stereocenters. The fourth-order valence-corrected chi connectivity index (χ4v) is 2.88. The Morgan fingerprint density at radius 1 is 1.20 bits per heavy atom. The summed E-state index contributed by atoms with van der Waals surface area (Å²) in [6.07, 6.45) is 3.36. The van der Waals surface area contributed by atoms with Crippen molar-refractivity contribution >= 4 is 17.5 Å². The van der Waals surface area contributed by atoms with E-state index in [1.54, 1.807) is 24.3 Å². The summed E-state index contributed by atoms with van der Waals surface area (Å²) in [7, 11) is 0. The van der Waals surface area contributed by atoms with Crippen molar-refractivity contribution in [2.75, 3.05) is 31.5 Å². The minimum atomic E-state index is -0.529. The van der Waals surface area contributed by atoms with Crippen LogP contribution >= 0.6 is 0 Å². The van der Waals surface area contributed by atoms with Crippen molar-refractivity contribution in [2.24, 2.45) is 11.7 Å². The van der Waals surface area contributed by atoms with Gasteiger partial charge in [-0.1, -0.05) is 20.3 Å². The molecule has 0 saturated carbocycles. The Morgan fingerprint density at radius 3 is 2.44 bits per heavy atom. The average Bonchev–Trinajstić information content (AvgIpc) is 3.14. The molecule has 1 aliphatic heterocycles. The van der Waals surface area contributed by atoms with Crippen LogP contribution in [0.2, 0.25) is 0 Å². The Morgan fingerprint density at radius 2 is 1.84 bits per heavy atom. The van der Waals surface area contributed by atoms with E-state index in [0.717, 1.165) is 26.1 Å². The first kappa shape index (κ1) is 19.4. The topological polar surface area (TPSA) is 87.5 Å². The average molecular weight is 346 g/mol. The van der Waals surface area contributed by atoms with Gasteiger partial charge in [-0.2, -0.15) is 0 Å². The maximum atomic E-state index is 12.2. The number of hydrogen-bond donors (Lipinski definition) is 3. The molecular formula is C19H30N4O2. The summed E-state index contributed by atoms with van der Waals surface area (Å²) in [4.78, 5) is 26.6. The number of carbonyl (C=O) groups is 2. The molecule has 25 heavy (non-hydrogen) atoms. The predicted octanol–water partition coefficient (Wildman–Crippen LogP) is 1.82. The van der Waals surface area contributed by atoms with Gasteiger partial charge in [0.1, 0.15) is 0 Å². The van der Waals surface area contributed by atoms with Crippen LogP contribution in [0.1, 0.15) is 43.5 Å². The van der Waals surface area contributed by atoms with Crippen molar-refractivity contribution in [2.45, 2.75) is 39.2 Å². The first-order chi connectivity index (χ1) is 12.0. The lowest BCUT2D eigenvalue weighted by Crippen LogP contribution is -2.40. The van der Waals surface area contributed by atoms with E-state index < -0.39 is 6.04 Å². The van der Waals surface area contributed by atoms with Crippen molar-refractivity contribution in [3.8, 4) is 0 Å². The first-order valence-corrected chi connectivity index (χ1v) is 9.18. The SMILES string of the molecule is CCC(C)C(N)C(=O)Nc1ccc(C(=O)NCCN2CCCC2)cc1. The first-order valence-electron chi connectivity index (χ1n) is 9.18. The van der Waals surface area contributed by atoms with Crippen LogP contribution in [-0.4, -0.2) is 48.9 Å². The van der Waals surface area contributed by atoms with Gasteiger partial charge in [-0.15, -0.1) is 0 Å². The summed E-state index contributed by atoms with van der Waals surface area (Å²) >= 11 is 0. The second-order valence-electron chi connectivity index (χ2n) is 6.78. The quantitative estimate of drug-likeness (QED) is 0.670. The third kappa shape index (κ3) is 5.83. The molecule has 0 bridgehead atoms. The zero-order valence-corrected chi connectivity index (χ0v) is 15.3. The van der Waals surface area contributed by atoms with Crippen molar-refractivity contribution < 1.29 is 9.59 Å². The highest BCUT2D eigenvalue weighted by molar-refractivity contribution is 5.97. The second-order valence-corrected chi connectivity index (χ2v) is 6.78. The van der Waals surface area contributed by atoms with Crippen LogP contribution in [0.4, 0.5) is 5.69 Å². The zero-order chi connectivity index (χ0) is 18.2. The molecule has 138 valence electrons. The molecule has 1 saturated heterocycles. The smallest absolute Gasteiger partial charge is 0.251 e. The van der Waals surface area contributed by atoms with E-state index in [2.05, 4.69) is 15.5 Å². The number of hydrogen-bond acceptors (Lipinski definition) is 4. The van der Waals surface area contributed by atoms with E-state index in [-0.39, 0.29) is 17.7 Å². The Labute approximate surface area is 150 Å². The van der Waals surface area contributed by atoms with Gasteiger partial charge < -0.3 is 21.3 Å². The van der Waals surface area contributed by atoms with E-state index in [1.807, 2.05) is 13.8 Å². The molecule has 2 atom stereocenters. The van der Waals surface area contributed by atoms with Crippen LogP contribution in [-0.2, 0) is 4.79 Å². The molecule has 0 radical (unpaired) electrons. The summed E-state index contributed by atoms with van der Waals surface area (Å²) in [6, 6.07) is 6.37. The lowest BCUT2D eigenvalue weighted by molar-refractivity contribution is -0.118. The fourth-order valence-electron chi connectivity index (χ4n) is 2.88. The lowest BCUT2D eigenvalue weighted by atomic mass is 9.99. The molecule has 0 aliphatic carbocycles. The third-order valence-corrected chi connectivity index (χ3v) is 4.89. The number of rotatable bonds is 8. The highest BCUT2D eigenvalue weighted by Gasteiger charge is 2.19. The number of likely N-dealkylation sites (tertiary alicyclic amines) is 1. The molecule has 1 aromatic carbocycles. The van der Waals surface area contributed by atoms with Gasteiger partial charge in [-0.25, -0.2) is 0 Å². The number of nitrogens with two attached hydrogens (primary N) is 1.